The van der Waals surface area contributed by atoms with Gasteiger partial charge in [0, 0.05) is 0 Å². The maximum atomic E-state index is 2.42. The van der Waals surface area contributed by atoms with Crippen LogP contribution in [0.15, 0.2) is 11.9 Å². The Morgan fingerprint density at radius 1 is 0.632 bits per heavy atom. The third kappa shape index (κ3) is 18.2. The van der Waals surface area contributed by atoms with E-state index >= 15 is 0 Å². The van der Waals surface area contributed by atoms with E-state index in [1.807, 2.05) is 0 Å². The van der Waals surface area contributed by atoms with Crippen molar-refractivity contribution < 1.29 is 0 Å². The van der Waals surface area contributed by atoms with Crippen LogP contribution in [0.5, 0.6) is 0 Å². The molecule has 0 spiro atoms. The summed E-state index contributed by atoms with van der Waals surface area (Å²) in [6.45, 7) is 4.56. The highest BCUT2D eigenvalue weighted by Crippen LogP contribution is 2.17. The first-order valence-corrected chi connectivity index (χ1v) is 10.1. The minimum absolute atomic E-state index is 1.07. The van der Waals surface area contributed by atoms with E-state index in [4.69, 9.17) is 0 Å². The molecule has 0 fully saturated rings. The van der Waals surface area contributed by atoms with Gasteiger partial charge in [-0.15, -0.1) is 0 Å². The zero-order valence-corrected chi connectivity index (χ0v) is 14.6. The summed E-state index contributed by atoms with van der Waals surface area (Å²) in [5.41, 5.74) is 0. The van der Waals surface area contributed by atoms with Crippen molar-refractivity contribution in [2.75, 3.05) is 6.16 Å². The fourth-order valence-electron chi connectivity index (χ4n) is 2.29. The average Bonchev–Trinajstić information content (AvgIpc) is 2.43. The normalized spacial score (nSPS) is 12.1. The fourth-order valence-corrected chi connectivity index (χ4v) is 3.24. The van der Waals surface area contributed by atoms with Crippen molar-refractivity contribution in [3.63, 3.8) is 0 Å². The Labute approximate surface area is 124 Å². The van der Waals surface area contributed by atoms with E-state index in [-0.39, 0.29) is 0 Å². The quantitative estimate of drug-likeness (QED) is 0.219. The SMILES string of the molecule is CCCCC=CPCCCCCCCCCCCC. The van der Waals surface area contributed by atoms with E-state index in [1.165, 1.54) is 89.6 Å². The molecule has 0 N–H and O–H groups in total. The molecule has 1 unspecified atom stereocenters. The van der Waals surface area contributed by atoms with Crippen LogP contribution in [0, 0.1) is 0 Å². The maximum absolute atomic E-state index is 2.42. The van der Waals surface area contributed by atoms with Crippen LogP contribution in [0.3, 0.4) is 0 Å². The topological polar surface area (TPSA) is 0 Å². The van der Waals surface area contributed by atoms with Gasteiger partial charge in [-0.05, 0) is 19.0 Å². The Hall–Kier alpha value is 0.170. The van der Waals surface area contributed by atoms with Gasteiger partial charge in [0.15, 0.2) is 0 Å². The predicted octanol–water partition coefficient (Wildman–Crippen LogP) is 7.29. The van der Waals surface area contributed by atoms with Gasteiger partial charge in [0.25, 0.3) is 0 Å². The summed E-state index contributed by atoms with van der Waals surface area (Å²) in [7, 11) is 1.07. The molecule has 0 nitrogen and oxygen atoms in total. The summed E-state index contributed by atoms with van der Waals surface area (Å²) < 4.78 is 0. The second-order valence-corrected chi connectivity index (χ2v) is 6.92. The van der Waals surface area contributed by atoms with Crippen LogP contribution in [0.1, 0.15) is 97.3 Å². The first-order chi connectivity index (χ1) is 9.41. The van der Waals surface area contributed by atoms with Gasteiger partial charge in [0.05, 0.1) is 0 Å². The van der Waals surface area contributed by atoms with Crippen molar-refractivity contribution in [3.8, 4) is 0 Å². The van der Waals surface area contributed by atoms with Crippen LogP contribution >= 0.6 is 8.58 Å². The zero-order valence-electron chi connectivity index (χ0n) is 13.6. The molecule has 0 saturated heterocycles. The summed E-state index contributed by atoms with van der Waals surface area (Å²) >= 11 is 0. The highest BCUT2D eigenvalue weighted by Gasteiger charge is 1.92. The zero-order chi connectivity index (χ0) is 14.0. The van der Waals surface area contributed by atoms with E-state index in [2.05, 4.69) is 25.7 Å². The number of hydrogen-bond donors (Lipinski definition) is 0. The molecule has 0 aromatic carbocycles. The van der Waals surface area contributed by atoms with E-state index < -0.39 is 0 Å². The molecular formula is C18H37P. The van der Waals surface area contributed by atoms with E-state index in [9.17, 15) is 0 Å². The summed E-state index contributed by atoms with van der Waals surface area (Å²) in [5, 5.41) is 0. The summed E-state index contributed by atoms with van der Waals surface area (Å²) in [6, 6.07) is 0. The highest BCUT2D eigenvalue weighted by atomic mass is 31.1. The molecule has 0 aliphatic heterocycles. The lowest BCUT2D eigenvalue weighted by atomic mass is 10.1. The summed E-state index contributed by atoms with van der Waals surface area (Å²) in [6.07, 6.45) is 22.3. The Morgan fingerprint density at radius 3 is 1.74 bits per heavy atom. The Morgan fingerprint density at radius 2 is 1.16 bits per heavy atom. The van der Waals surface area contributed by atoms with Crippen molar-refractivity contribution in [1.29, 1.82) is 0 Å². The Kier molecular flexibility index (Phi) is 18.3. The number of hydrogen-bond acceptors (Lipinski definition) is 0. The molecule has 0 rings (SSSR count). The molecule has 0 aromatic rings. The van der Waals surface area contributed by atoms with Crippen LogP contribution in [0.4, 0.5) is 0 Å². The molecule has 0 bridgehead atoms. The Balaban J connectivity index is 2.97. The average molecular weight is 284 g/mol. The predicted molar refractivity (Wildman–Crippen MR) is 93.7 cm³/mol. The third-order valence-corrected chi connectivity index (χ3v) is 4.75. The largest absolute Gasteiger partial charge is 0.0987 e. The van der Waals surface area contributed by atoms with Gasteiger partial charge in [0.2, 0.25) is 0 Å². The first kappa shape index (κ1) is 19.2. The van der Waals surface area contributed by atoms with Gasteiger partial charge in [-0.2, -0.15) is 0 Å². The lowest BCUT2D eigenvalue weighted by Gasteiger charge is -2.01. The lowest BCUT2D eigenvalue weighted by molar-refractivity contribution is 0.563. The molecule has 0 saturated carbocycles. The van der Waals surface area contributed by atoms with Gasteiger partial charge < -0.3 is 0 Å². The standard InChI is InChI=1S/C18H37P/c1-3-5-7-9-10-11-12-13-14-16-18-19-17-15-8-6-4-2/h15,17,19H,3-14,16,18H2,1-2H3. The highest BCUT2D eigenvalue weighted by molar-refractivity contribution is 7.41. The van der Waals surface area contributed by atoms with Crippen molar-refractivity contribution in [2.24, 2.45) is 0 Å². The van der Waals surface area contributed by atoms with Gasteiger partial charge in [-0.3, -0.25) is 0 Å². The van der Waals surface area contributed by atoms with Crippen LogP contribution in [-0.4, -0.2) is 6.16 Å². The molecular weight excluding hydrogens is 247 g/mol. The summed E-state index contributed by atoms with van der Waals surface area (Å²) in [4.78, 5) is 0. The Bertz CT molecular complexity index is 175. The van der Waals surface area contributed by atoms with Gasteiger partial charge >= 0.3 is 0 Å². The van der Waals surface area contributed by atoms with Crippen molar-refractivity contribution in [2.45, 2.75) is 97.3 Å². The van der Waals surface area contributed by atoms with Crippen LogP contribution in [0.25, 0.3) is 0 Å². The minimum atomic E-state index is 1.07. The second-order valence-electron chi connectivity index (χ2n) is 5.68. The lowest BCUT2D eigenvalue weighted by Crippen LogP contribution is -1.82. The molecule has 0 aromatic heterocycles. The first-order valence-electron chi connectivity index (χ1n) is 8.80. The number of allylic oxidation sites excluding steroid dienone is 1. The maximum Gasteiger partial charge on any atom is -0.0319 e. The smallest absolute Gasteiger partial charge is 0.0319 e. The van der Waals surface area contributed by atoms with Crippen molar-refractivity contribution in [1.82, 2.24) is 0 Å². The van der Waals surface area contributed by atoms with Gasteiger partial charge in [-0.25, -0.2) is 0 Å². The van der Waals surface area contributed by atoms with Gasteiger partial charge in [0.1, 0.15) is 0 Å². The number of rotatable bonds is 15. The molecule has 114 valence electrons. The van der Waals surface area contributed by atoms with Crippen molar-refractivity contribution in [3.05, 3.63) is 11.9 Å². The second kappa shape index (κ2) is 18.2. The van der Waals surface area contributed by atoms with E-state index in [0.29, 0.717) is 0 Å². The molecule has 1 atom stereocenters. The van der Waals surface area contributed by atoms with E-state index in [0.717, 1.165) is 8.58 Å². The molecule has 0 aliphatic carbocycles. The monoisotopic (exact) mass is 284 g/mol. The third-order valence-electron chi connectivity index (χ3n) is 3.63. The molecule has 0 radical (unpaired) electrons. The van der Waals surface area contributed by atoms with Gasteiger partial charge in [-0.1, -0.05) is 105 Å². The fraction of sp³-hybridized carbons (Fsp3) is 0.889. The van der Waals surface area contributed by atoms with Crippen LogP contribution in [0.2, 0.25) is 0 Å². The molecule has 19 heavy (non-hydrogen) atoms. The minimum Gasteiger partial charge on any atom is -0.0987 e. The summed E-state index contributed by atoms with van der Waals surface area (Å²) in [5.74, 6) is 2.42. The van der Waals surface area contributed by atoms with Crippen LogP contribution in [-0.2, 0) is 0 Å². The van der Waals surface area contributed by atoms with E-state index in [1.54, 1.807) is 0 Å². The molecule has 0 amide bonds. The molecule has 1 heteroatoms. The molecule has 0 aliphatic rings. The van der Waals surface area contributed by atoms with Crippen LogP contribution < -0.4 is 0 Å². The number of unbranched alkanes of at least 4 members (excludes halogenated alkanes) is 11. The molecule has 0 heterocycles. The van der Waals surface area contributed by atoms with Crippen molar-refractivity contribution >= 4 is 8.58 Å².